The fraction of sp³-hybridized carbons (Fsp3) is 0.444. The molecule has 68 valence electrons. The zero-order chi connectivity index (χ0) is 9.84. The summed E-state index contributed by atoms with van der Waals surface area (Å²) in [6, 6.07) is 3.96. The van der Waals surface area contributed by atoms with Crippen LogP contribution in [0.4, 0.5) is 5.95 Å². The minimum atomic E-state index is 0.308. The van der Waals surface area contributed by atoms with Crippen LogP contribution < -0.4 is 4.90 Å². The van der Waals surface area contributed by atoms with Crippen molar-refractivity contribution in [2.45, 2.75) is 13.8 Å². The number of anilines is 1. The topological polar surface area (TPSA) is 52.8 Å². The summed E-state index contributed by atoms with van der Waals surface area (Å²) in [7, 11) is 1.80. The second-order valence-electron chi connectivity index (χ2n) is 2.96. The van der Waals surface area contributed by atoms with E-state index in [1.807, 2.05) is 19.9 Å². The lowest BCUT2D eigenvalue weighted by atomic mass is 10.3. The van der Waals surface area contributed by atoms with Crippen molar-refractivity contribution < 1.29 is 0 Å². The van der Waals surface area contributed by atoms with Crippen molar-refractivity contribution in [1.82, 2.24) is 9.97 Å². The van der Waals surface area contributed by atoms with Gasteiger partial charge in [0.25, 0.3) is 0 Å². The normalized spacial score (nSPS) is 9.38. The molecule has 4 nitrogen and oxygen atoms in total. The molecule has 0 aliphatic rings. The fourth-order valence-electron chi connectivity index (χ4n) is 1.05. The summed E-state index contributed by atoms with van der Waals surface area (Å²) >= 11 is 0. The molecule has 0 bridgehead atoms. The molecule has 0 aliphatic heterocycles. The van der Waals surface area contributed by atoms with Crippen molar-refractivity contribution in [3.05, 3.63) is 17.5 Å². The van der Waals surface area contributed by atoms with E-state index in [-0.39, 0.29) is 0 Å². The summed E-state index contributed by atoms with van der Waals surface area (Å²) in [5.41, 5.74) is 1.85. The average molecular weight is 176 g/mol. The maximum atomic E-state index is 8.49. The third kappa shape index (κ3) is 2.41. The van der Waals surface area contributed by atoms with Gasteiger partial charge in [0.2, 0.25) is 5.95 Å². The zero-order valence-electron chi connectivity index (χ0n) is 8.07. The molecule has 0 saturated heterocycles. The first-order valence-corrected chi connectivity index (χ1v) is 4.04. The fourth-order valence-corrected chi connectivity index (χ4v) is 1.05. The van der Waals surface area contributed by atoms with Crippen LogP contribution >= 0.6 is 0 Å². The summed E-state index contributed by atoms with van der Waals surface area (Å²) in [5.74, 6) is 0.610. The van der Waals surface area contributed by atoms with E-state index in [2.05, 4.69) is 16.0 Å². The lowest BCUT2D eigenvalue weighted by Crippen LogP contribution is -2.20. The van der Waals surface area contributed by atoms with Gasteiger partial charge in [-0.2, -0.15) is 5.26 Å². The van der Waals surface area contributed by atoms with Crippen molar-refractivity contribution in [1.29, 1.82) is 5.26 Å². The highest BCUT2D eigenvalue weighted by Crippen LogP contribution is 2.06. The lowest BCUT2D eigenvalue weighted by Gasteiger charge is -2.13. The van der Waals surface area contributed by atoms with Crippen LogP contribution in [-0.4, -0.2) is 23.6 Å². The Balaban J connectivity index is 2.95. The molecule has 0 N–H and O–H groups in total. The SMILES string of the molecule is Cc1cc(C)nc(N(C)CC#N)n1. The van der Waals surface area contributed by atoms with Crippen LogP contribution in [0.25, 0.3) is 0 Å². The van der Waals surface area contributed by atoms with Gasteiger partial charge in [0.05, 0.1) is 6.07 Å². The molecule has 0 aromatic carbocycles. The molecule has 0 aliphatic carbocycles. The maximum absolute atomic E-state index is 8.49. The van der Waals surface area contributed by atoms with Crippen LogP contribution in [0.5, 0.6) is 0 Å². The Bertz CT molecular complexity index is 320. The van der Waals surface area contributed by atoms with Gasteiger partial charge in [-0.25, -0.2) is 9.97 Å². The monoisotopic (exact) mass is 176 g/mol. The van der Waals surface area contributed by atoms with Gasteiger partial charge in [-0.1, -0.05) is 0 Å². The number of aromatic nitrogens is 2. The van der Waals surface area contributed by atoms with Crippen molar-refractivity contribution in [3.63, 3.8) is 0 Å². The maximum Gasteiger partial charge on any atom is 0.226 e. The number of nitriles is 1. The average Bonchev–Trinajstić information content (AvgIpc) is 2.03. The second kappa shape index (κ2) is 3.85. The van der Waals surface area contributed by atoms with Crippen molar-refractivity contribution in [2.24, 2.45) is 0 Å². The van der Waals surface area contributed by atoms with E-state index < -0.39 is 0 Å². The van der Waals surface area contributed by atoms with E-state index in [0.29, 0.717) is 12.5 Å². The van der Waals surface area contributed by atoms with Gasteiger partial charge in [-0.15, -0.1) is 0 Å². The molecule has 4 heteroatoms. The van der Waals surface area contributed by atoms with Crippen molar-refractivity contribution >= 4 is 5.95 Å². The molecule has 0 spiro atoms. The number of hydrogen-bond donors (Lipinski definition) is 0. The molecule has 0 atom stereocenters. The van der Waals surface area contributed by atoms with E-state index >= 15 is 0 Å². The summed E-state index contributed by atoms with van der Waals surface area (Å²) < 4.78 is 0. The number of aryl methyl sites for hydroxylation is 2. The molecule has 0 radical (unpaired) electrons. The van der Waals surface area contributed by atoms with Gasteiger partial charge >= 0.3 is 0 Å². The largest absolute Gasteiger partial charge is 0.331 e. The van der Waals surface area contributed by atoms with Gasteiger partial charge in [0, 0.05) is 18.4 Å². The van der Waals surface area contributed by atoms with Crippen LogP contribution in [0.1, 0.15) is 11.4 Å². The highest BCUT2D eigenvalue weighted by atomic mass is 15.2. The third-order valence-corrected chi connectivity index (χ3v) is 1.62. The quantitative estimate of drug-likeness (QED) is 0.632. The van der Waals surface area contributed by atoms with Gasteiger partial charge in [-0.3, -0.25) is 0 Å². The molecule has 1 rings (SSSR count). The van der Waals surface area contributed by atoms with Crippen LogP contribution in [0.15, 0.2) is 6.07 Å². The van der Waals surface area contributed by atoms with Crippen molar-refractivity contribution in [2.75, 3.05) is 18.5 Å². The van der Waals surface area contributed by atoms with E-state index in [1.165, 1.54) is 0 Å². The van der Waals surface area contributed by atoms with Crippen molar-refractivity contribution in [3.8, 4) is 6.07 Å². The van der Waals surface area contributed by atoms with Gasteiger partial charge in [-0.05, 0) is 19.9 Å². The molecule has 13 heavy (non-hydrogen) atoms. The van der Waals surface area contributed by atoms with E-state index in [0.717, 1.165) is 11.4 Å². The van der Waals surface area contributed by atoms with Gasteiger partial charge in [0.15, 0.2) is 0 Å². The Labute approximate surface area is 77.8 Å². The molecular weight excluding hydrogens is 164 g/mol. The predicted molar refractivity (Wildman–Crippen MR) is 50.4 cm³/mol. The Morgan fingerprint density at radius 1 is 1.38 bits per heavy atom. The first-order valence-electron chi connectivity index (χ1n) is 4.04. The zero-order valence-corrected chi connectivity index (χ0v) is 8.07. The highest BCUT2D eigenvalue weighted by molar-refractivity contribution is 5.32. The Morgan fingerprint density at radius 3 is 2.38 bits per heavy atom. The summed E-state index contributed by atoms with van der Waals surface area (Å²) in [6.45, 7) is 4.14. The first-order chi connectivity index (χ1) is 6.13. The molecule has 0 fully saturated rings. The Kier molecular flexibility index (Phi) is 2.80. The molecule has 1 aromatic rings. The Hall–Kier alpha value is -1.63. The molecule has 1 aromatic heterocycles. The second-order valence-corrected chi connectivity index (χ2v) is 2.96. The molecule has 0 amide bonds. The third-order valence-electron chi connectivity index (χ3n) is 1.62. The predicted octanol–water partition coefficient (Wildman–Crippen LogP) is 1.05. The molecule has 0 saturated carbocycles. The van der Waals surface area contributed by atoms with Crippen LogP contribution in [0.3, 0.4) is 0 Å². The van der Waals surface area contributed by atoms with E-state index in [9.17, 15) is 0 Å². The number of rotatable bonds is 2. The van der Waals surface area contributed by atoms with E-state index in [4.69, 9.17) is 5.26 Å². The minimum absolute atomic E-state index is 0.308. The van der Waals surface area contributed by atoms with Gasteiger partial charge < -0.3 is 4.90 Å². The first kappa shape index (κ1) is 9.46. The highest BCUT2D eigenvalue weighted by Gasteiger charge is 2.03. The number of nitrogens with zero attached hydrogens (tertiary/aromatic N) is 4. The summed E-state index contributed by atoms with van der Waals surface area (Å²) in [6.07, 6.45) is 0. The smallest absolute Gasteiger partial charge is 0.226 e. The van der Waals surface area contributed by atoms with Crippen LogP contribution in [0.2, 0.25) is 0 Å². The van der Waals surface area contributed by atoms with Gasteiger partial charge in [0.1, 0.15) is 6.54 Å². The molecule has 1 heterocycles. The summed E-state index contributed by atoms with van der Waals surface area (Å²) in [4.78, 5) is 10.2. The molecule has 0 unspecified atom stereocenters. The number of hydrogen-bond acceptors (Lipinski definition) is 4. The molecular formula is C9H12N4. The standard InChI is InChI=1S/C9H12N4/c1-7-6-8(2)12-9(11-7)13(3)5-4-10/h6H,5H2,1-3H3. The Morgan fingerprint density at radius 2 is 1.92 bits per heavy atom. The minimum Gasteiger partial charge on any atom is -0.331 e. The summed E-state index contributed by atoms with van der Waals surface area (Å²) in [5, 5.41) is 8.49. The van der Waals surface area contributed by atoms with Crippen LogP contribution in [-0.2, 0) is 0 Å². The van der Waals surface area contributed by atoms with E-state index in [1.54, 1.807) is 11.9 Å². The lowest BCUT2D eigenvalue weighted by molar-refractivity contribution is 0.918. The van der Waals surface area contributed by atoms with Crippen LogP contribution in [0, 0.1) is 25.2 Å².